The molecule has 3 aromatic carbocycles. The van der Waals surface area contributed by atoms with E-state index in [0.29, 0.717) is 32.2 Å². The van der Waals surface area contributed by atoms with Crippen LogP contribution in [0.5, 0.6) is 0 Å². The van der Waals surface area contributed by atoms with E-state index in [9.17, 15) is 9.59 Å². The molecule has 0 spiro atoms. The highest BCUT2D eigenvalue weighted by Gasteiger charge is 2.32. The quantitative estimate of drug-likeness (QED) is 0.250. The summed E-state index contributed by atoms with van der Waals surface area (Å²) in [5.41, 5.74) is 7.83. The van der Waals surface area contributed by atoms with Crippen molar-refractivity contribution in [3.8, 4) is 5.69 Å². The van der Waals surface area contributed by atoms with Gasteiger partial charge in [0.2, 0.25) is 0 Å². The van der Waals surface area contributed by atoms with E-state index in [1.54, 1.807) is 4.57 Å². The average Bonchev–Trinajstić information content (AvgIpc) is 3.46. The van der Waals surface area contributed by atoms with Crippen LogP contribution in [0.1, 0.15) is 60.8 Å². The summed E-state index contributed by atoms with van der Waals surface area (Å²) in [5.74, 6) is 0.0927. The number of nitrogens with zero attached hydrogens (tertiary/aromatic N) is 3. The number of para-hydroxylation sites is 2. The maximum Gasteiger partial charge on any atom is 0.271 e. The number of hydrogen-bond donors (Lipinski definition) is 1. The number of anilines is 1. The summed E-state index contributed by atoms with van der Waals surface area (Å²) in [5, 5.41) is 3.02. The van der Waals surface area contributed by atoms with Gasteiger partial charge in [-0.15, -0.1) is 0 Å². The van der Waals surface area contributed by atoms with Gasteiger partial charge in [0, 0.05) is 22.8 Å². The molecule has 3 heterocycles. The van der Waals surface area contributed by atoms with Crippen molar-refractivity contribution in [3.05, 3.63) is 150 Å². The van der Waals surface area contributed by atoms with E-state index >= 15 is 0 Å². The van der Waals surface area contributed by atoms with Gasteiger partial charge in [-0.05, 0) is 79.8 Å². The topological polar surface area (TPSA) is 68.4 Å². The first kappa shape index (κ1) is 28.4. The average molecular weight is 587 g/mol. The molecule has 1 N–H and O–H groups in total. The molecule has 1 aliphatic heterocycles. The van der Waals surface area contributed by atoms with Crippen LogP contribution in [0.2, 0.25) is 0 Å². The van der Waals surface area contributed by atoms with Gasteiger partial charge in [0.15, 0.2) is 4.80 Å². The Kier molecular flexibility index (Phi) is 7.59. The van der Waals surface area contributed by atoms with Crippen LogP contribution in [0.4, 0.5) is 5.69 Å². The van der Waals surface area contributed by atoms with E-state index in [1.807, 2.05) is 73.7 Å². The maximum absolute atomic E-state index is 14.2. The SMILES string of the molecule is CC1=C(C(=O)Nc2ccccc2)[C@H](c2ccc(C(C)C)cc2)n2c(s/c(=C\c3cc(C)n(-c4ccccc4)c3C)c2=O)=N1. The lowest BCUT2D eigenvalue weighted by atomic mass is 9.93. The first-order valence-corrected chi connectivity index (χ1v) is 15.3. The highest BCUT2D eigenvalue weighted by atomic mass is 32.1. The van der Waals surface area contributed by atoms with Crippen molar-refractivity contribution in [3.63, 3.8) is 0 Å². The molecule has 1 aliphatic rings. The van der Waals surface area contributed by atoms with Crippen molar-refractivity contribution in [1.82, 2.24) is 9.13 Å². The molecule has 1 atom stereocenters. The fraction of sp³-hybridized carbons (Fsp3) is 0.194. The standard InChI is InChI=1S/C36H34N4O2S/c1-22(2)26-16-18-27(19-17-26)33-32(34(41)38-29-12-8-6-9-13-29)24(4)37-36-40(33)35(42)31(43-36)21-28-20-23(3)39(25(28)5)30-14-10-7-11-15-30/h6-22,33H,1-5H3,(H,38,41)/b31-21-/t33-/m0/s1. The number of thiazole rings is 1. The van der Waals surface area contributed by atoms with Crippen molar-refractivity contribution >= 4 is 29.0 Å². The first-order valence-electron chi connectivity index (χ1n) is 14.5. The highest BCUT2D eigenvalue weighted by molar-refractivity contribution is 7.07. The van der Waals surface area contributed by atoms with Crippen LogP contribution < -0.4 is 20.2 Å². The van der Waals surface area contributed by atoms with Crippen LogP contribution in [0.15, 0.2) is 112 Å². The Bertz CT molecular complexity index is 2030. The second-order valence-electron chi connectivity index (χ2n) is 11.2. The van der Waals surface area contributed by atoms with E-state index in [1.165, 1.54) is 16.9 Å². The second-order valence-corrected chi connectivity index (χ2v) is 12.2. The summed E-state index contributed by atoms with van der Waals surface area (Å²) in [7, 11) is 0. The smallest absolute Gasteiger partial charge is 0.271 e. The summed E-state index contributed by atoms with van der Waals surface area (Å²) in [6.07, 6.45) is 1.95. The number of carbonyl (C=O) groups is 1. The van der Waals surface area contributed by atoms with Crippen molar-refractivity contribution in [2.75, 3.05) is 5.32 Å². The predicted octanol–water partition coefficient (Wildman–Crippen LogP) is 6.40. The van der Waals surface area contributed by atoms with Gasteiger partial charge in [0.25, 0.3) is 11.5 Å². The van der Waals surface area contributed by atoms with E-state index < -0.39 is 6.04 Å². The number of amides is 1. The Balaban J connectivity index is 1.50. The van der Waals surface area contributed by atoms with Gasteiger partial charge in [-0.1, -0.05) is 85.8 Å². The van der Waals surface area contributed by atoms with Crippen molar-refractivity contribution < 1.29 is 4.79 Å². The summed E-state index contributed by atoms with van der Waals surface area (Å²) < 4.78 is 4.45. The molecular weight excluding hydrogens is 552 g/mol. The first-order chi connectivity index (χ1) is 20.7. The van der Waals surface area contributed by atoms with E-state index in [-0.39, 0.29) is 11.5 Å². The number of fused-ring (bicyclic) bond motifs is 1. The molecule has 0 saturated carbocycles. The zero-order valence-electron chi connectivity index (χ0n) is 25.0. The van der Waals surface area contributed by atoms with Crippen molar-refractivity contribution in [1.29, 1.82) is 0 Å². The van der Waals surface area contributed by atoms with Gasteiger partial charge in [-0.2, -0.15) is 0 Å². The molecule has 7 heteroatoms. The third-order valence-electron chi connectivity index (χ3n) is 7.99. The lowest BCUT2D eigenvalue weighted by Gasteiger charge is -2.25. The zero-order valence-corrected chi connectivity index (χ0v) is 25.8. The Hall–Kier alpha value is -4.75. The molecule has 5 aromatic rings. The van der Waals surface area contributed by atoms with E-state index in [2.05, 4.69) is 67.9 Å². The monoisotopic (exact) mass is 586 g/mol. The van der Waals surface area contributed by atoms with Crippen LogP contribution in [-0.2, 0) is 4.79 Å². The maximum atomic E-state index is 14.2. The third kappa shape index (κ3) is 5.32. The number of aryl methyl sites for hydroxylation is 1. The number of aromatic nitrogens is 2. The van der Waals surface area contributed by atoms with E-state index in [0.717, 1.165) is 28.2 Å². The van der Waals surface area contributed by atoms with Gasteiger partial charge in [0.1, 0.15) is 0 Å². The van der Waals surface area contributed by atoms with Crippen molar-refractivity contribution in [2.24, 2.45) is 4.99 Å². The number of rotatable bonds is 6. The number of allylic oxidation sites excluding steroid dienone is 1. The largest absolute Gasteiger partial charge is 0.322 e. The fourth-order valence-electron chi connectivity index (χ4n) is 5.76. The minimum absolute atomic E-state index is 0.163. The summed E-state index contributed by atoms with van der Waals surface area (Å²) in [6, 6.07) is 29.3. The van der Waals surface area contributed by atoms with Crippen LogP contribution >= 0.6 is 11.3 Å². The van der Waals surface area contributed by atoms with Crippen molar-refractivity contribution in [2.45, 2.75) is 46.6 Å². The fourth-order valence-corrected chi connectivity index (χ4v) is 6.80. The Morgan fingerprint density at radius 2 is 1.58 bits per heavy atom. The Morgan fingerprint density at radius 3 is 2.23 bits per heavy atom. The molecule has 2 aromatic heterocycles. The number of carbonyl (C=O) groups excluding carboxylic acids is 1. The minimum atomic E-state index is -0.611. The lowest BCUT2D eigenvalue weighted by molar-refractivity contribution is -0.113. The van der Waals surface area contributed by atoms with Crippen LogP contribution in [-0.4, -0.2) is 15.0 Å². The molecule has 0 radical (unpaired) electrons. The number of hydrogen-bond acceptors (Lipinski definition) is 4. The van der Waals surface area contributed by atoms with Gasteiger partial charge >= 0.3 is 0 Å². The highest BCUT2D eigenvalue weighted by Crippen LogP contribution is 2.32. The summed E-state index contributed by atoms with van der Waals surface area (Å²) in [6.45, 7) is 10.3. The Labute approximate surface area is 255 Å². The molecule has 43 heavy (non-hydrogen) atoms. The van der Waals surface area contributed by atoms with Gasteiger partial charge in [-0.25, -0.2) is 4.99 Å². The minimum Gasteiger partial charge on any atom is -0.322 e. The molecule has 216 valence electrons. The molecule has 0 bridgehead atoms. The van der Waals surface area contributed by atoms with Crippen LogP contribution in [0, 0.1) is 13.8 Å². The second kappa shape index (κ2) is 11.5. The molecule has 0 fully saturated rings. The predicted molar refractivity (Wildman–Crippen MR) is 175 cm³/mol. The normalized spacial score (nSPS) is 15.0. The molecule has 0 unspecified atom stereocenters. The number of benzene rings is 3. The number of nitrogens with one attached hydrogen (secondary N) is 1. The molecule has 0 saturated heterocycles. The summed E-state index contributed by atoms with van der Waals surface area (Å²) in [4.78, 5) is 33.4. The molecule has 1 amide bonds. The van der Waals surface area contributed by atoms with Gasteiger partial charge < -0.3 is 9.88 Å². The zero-order chi connectivity index (χ0) is 30.2. The summed E-state index contributed by atoms with van der Waals surface area (Å²) >= 11 is 1.36. The molecule has 6 nitrogen and oxygen atoms in total. The molecule has 0 aliphatic carbocycles. The third-order valence-corrected chi connectivity index (χ3v) is 8.97. The van der Waals surface area contributed by atoms with Crippen LogP contribution in [0.3, 0.4) is 0 Å². The van der Waals surface area contributed by atoms with Gasteiger partial charge in [-0.3, -0.25) is 14.2 Å². The lowest BCUT2D eigenvalue weighted by Crippen LogP contribution is -2.40. The van der Waals surface area contributed by atoms with Crippen LogP contribution in [0.25, 0.3) is 11.8 Å². The molecule has 6 rings (SSSR count). The Morgan fingerprint density at radius 1 is 0.930 bits per heavy atom. The molecular formula is C36H34N4O2S. The van der Waals surface area contributed by atoms with Gasteiger partial charge in [0.05, 0.1) is 21.8 Å². The van der Waals surface area contributed by atoms with E-state index in [4.69, 9.17) is 4.99 Å².